The Labute approximate surface area is 78.0 Å². The molecule has 1 N–H and O–H groups in total. The van der Waals surface area contributed by atoms with Gasteiger partial charge in [-0.2, -0.15) is 0 Å². The summed E-state index contributed by atoms with van der Waals surface area (Å²) in [6.07, 6.45) is 0.917. The van der Waals surface area contributed by atoms with E-state index in [0.717, 1.165) is 6.42 Å². The van der Waals surface area contributed by atoms with Crippen molar-refractivity contribution in [2.24, 2.45) is 4.99 Å². The Hall–Kier alpha value is -1.10. The van der Waals surface area contributed by atoms with Crippen molar-refractivity contribution in [1.29, 1.82) is 0 Å². The number of nitrogens with zero attached hydrogens (tertiary/aromatic N) is 2. The van der Waals surface area contributed by atoms with Crippen molar-refractivity contribution in [3.8, 4) is 0 Å². The molecule has 5 heteroatoms. The van der Waals surface area contributed by atoms with Gasteiger partial charge in [0.1, 0.15) is 11.7 Å². The number of hydrogen-bond acceptors (Lipinski definition) is 3. The zero-order valence-corrected chi connectivity index (χ0v) is 8.30. The first-order valence-corrected chi connectivity index (χ1v) is 4.09. The van der Waals surface area contributed by atoms with Crippen LogP contribution in [0.3, 0.4) is 0 Å². The van der Waals surface area contributed by atoms with E-state index in [0.29, 0.717) is 12.4 Å². The minimum atomic E-state index is -0.0375. The van der Waals surface area contributed by atoms with Crippen molar-refractivity contribution < 1.29 is 9.32 Å². The van der Waals surface area contributed by atoms with Gasteiger partial charge < -0.3 is 0 Å². The first-order valence-electron chi connectivity index (χ1n) is 4.09. The molecule has 0 fully saturated rings. The number of halogens is 1. The van der Waals surface area contributed by atoms with E-state index < -0.39 is 0 Å². The molecule has 4 nitrogen and oxygen atoms in total. The Morgan fingerprint density at radius 3 is 2.77 bits per heavy atom. The Balaban J connectivity index is 4.00. The largest absolute Gasteiger partial charge is 0.273 e. The second-order valence-electron chi connectivity index (χ2n) is 2.53. The van der Waals surface area contributed by atoms with Crippen LogP contribution in [0.25, 0.3) is 0 Å². The van der Waals surface area contributed by atoms with Crippen LogP contribution in [0.5, 0.6) is 0 Å². The molecule has 0 saturated carbocycles. The predicted octanol–water partition coefficient (Wildman–Crippen LogP) is 1.62. The third-order valence-electron chi connectivity index (χ3n) is 1.35. The normalized spacial score (nSPS) is 11.2. The predicted molar refractivity (Wildman–Crippen MR) is 50.5 cm³/mol. The molecule has 0 aromatic carbocycles. The fourth-order valence-corrected chi connectivity index (χ4v) is 0.608. The van der Waals surface area contributed by atoms with E-state index in [4.69, 9.17) is 4.84 Å². The molecule has 13 heavy (non-hydrogen) atoms. The SMILES string of the molecule is C=C(/N=C(/C)N(C)OCCC)NF. The third kappa shape index (κ3) is 5.19. The van der Waals surface area contributed by atoms with Gasteiger partial charge in [0.05, 0.1) is 6.61 Å². The second-order valence-corrected chi connectivity index (χ2v) is 2.53. The number of hydrogen-bond donors (Lipinski definition) is 1. The average molecular weight is 189 g/mol. The quantitative estimate of drug-likeness (QED) is 0.309. The van der Waals surface area contributed by atoms with E-state index in [2.05, 4.69) is 11.6 Å². The van der Waals surface area contributed by atoms with Crippen molar-refractivity contribution in [1.82, 2.24) is 10.6 Å². The molecule has 76 valence electrons. The summed E-state index contributed by atoms with van der Waals surface area (Å²) >= 11 is 0. The first kappa shape index (κ1) is 11.9. The maximum atomic E-state index is 11.7. The van der Waals surface area contributed by atoms with Crippen LogP contribution in [0.4, 0.5) is 4.48 Å². The average Bonchev–Trinajstić information content (AvgIpc) is 2.13. The highest BCUT2D eigenvalue weighted by Gasteiger charge is 2.00. The van der Waals surface area contributed by atoms with Crippen LogP contribution in [-0.4, -0.2) is 24.6 Å². The molecule has 0 saturated heterocycles. The number of rotatable bonds is 5. The lowest BCUT2D eigenvalue weighted by atomic mass is 10.5. The van der Waals surface area contributed by atoms with Gasteiger partial charge in [-0.3, -0.25) is 4.84 Å². The summed E-state index contributed by atoms with van der Waals surface area (Å²) in [5.74, 6) is 0.507. The summed E-state index contributed by atoms with van der Waals surface area (Å²) in [4.78, 5) is 8.99. The van der Waals surface area contributed by atoms with Gasteiger partial charge in [-0.05, 0) is 13.3 Å². The van der Waals surface area contributed by atoms with E-state index in [1.54, 1.807) is 14.0 Å². The third-order valence-corrected chi connectivity index (χ3v) is 1.35. The fraction of sp³-hybridized carbons (Fsp3) is 0.625. The molecule has 0 rings (SSSR count). The van der Waals surface area contributed by atoms with Crippen LogP contribution in [0.1, 0.15) is 20.3 Å². The van der Waals surface area contributed by atoms with E-state index in [1.165, 1.54) is 10.6 Å². The highest BCUT2D eigenvalue weighted by Crippen LogP contribution is 1.95. The molecule has 0 heterocycles. The lowest BCUT2D eigenvalue weighted by Gasteiger charge is -2.17. The summed E-state index contributed by atoms with van der Waals surface area (Å²) in [5, 5.41) is 1.48. The van der Waals surface area contributed by atoms with Crippen molar-refractivity contribution in [3.05, 3.63) is 12.4 Å². The van der Waals surface area contributed by atoms with Crippen LogP contribution in [0, 0.1) is 0 Å². The van der Waals surface area contributed by atoms with E-state index in [-0.39, 0.29) is 5.82 Å². The lowest BCUT2D eigenvalue weighted by Crippen LogP contribution is -2.25. The summed E-state index contributed by atoms with van der Waals surface area (Å²) < 4.78 is 11.7. The molecular formula is C8H16FN3O. The van der Waals surface area contributed by atoms with E-state index in [1.807, 2.05) is 6.92 Å². The molecule has 0 bridgehead atoms. The molecule has 0 atom stereocenters. The smallest absolute Gasteiger partial charge is 0.149 e. The summed E-state index contributed by atoms with van der Waals surface area (Å²) in [6, 6.07) is 0. The molecule has 0 aromatic rings. The maximum absolute atomic E-state index is 11.7. The second kappa shape index (κ2) is 6.42. The molecule has 0 aliphatic carbocycles. The van der Waals surface area contributed by atoms with Crippen LogP contribution < -0.4 is 5.54 Å². The van der Waals surface area contributed by atoms with Crippen LogP contribution in [-0.2, 0) is 4.84 Å². The molecule has 0 unspecified atom stereocenters. The fourth-order valence-electron chi connectivity index (χ4n) is 0.608. The molecular weight excluding hydrogens is 173 g/mol. The molecule has 0 spiro atoms. The van der Waals surface area contributed by atoms with Crippen LogP contribution in [0.2, 0.25) is 0 Å². The Morgan fingerprint density at radius 2 is 2.31 bits per heavy atom. The monoisotopic (exact) mass is 189 g/mol. The number of amidine groups is 1. The van der Waals surface area contributed by atoms with Gasteiger partial charge in [-0.1, -0.05) is 13.5 Å². The Bertz CT molecular complexity index is 194. The molecule has 0 amide bonds. The lowest BCUT2D eigenvalue weighted by molar-refractivity contribution is -0.0796. The molecule has 0 aromatic heterocycles. The standard InChI is InChI=1S/C8H16FN3O/c1-5-6-13-12(4)8(3)10-7(2)11-9/h11H,2,5-6H2,1,3-4H3/b10-8-. The van der Waals surface area contributed by atoms with Crippen molar-refractivity contribution in [2.45, 2.75) is 20.3 Å². The number of nitrogens with one attached hydrogen (secondary N) is 1. The summed E-state index contributed by atoms with van der Waals surface area (Å²) in [5.41, 5.74) is 1.34. The zero-order chi connectivity index (χ0) is 10.3. The summed E-state index contributed by atoms with van der Waals surface area (Å²) in [7, 11) is 1.71. The maximum Gasteiger partial charge on any atom is 0.149 e. The highest BCUT2D eigenvalue weighted by molar-refractivity contribution is 5.79. The van der Waals surface area contributed by atoms with Gasteiger partial charge in [0.15, 0.2) is 0 Å². The van der Waals surface area contributed by atoms with Crippen LogP contribution in [0.15, 0.2) is 17.4 Å². The van der Waals surface area contributed by atoms with Gasteiger partial charge >= 0.3 is 0 Å². The van der Waals surface area contributed by atoms with Crippen LogP contribution >= 0.6 is 0 Å². The van der Waals surface area contributed by atoms with E-state index in [9.17, 15) is 4.48 Å². The van der Waals surface area contributed by atoms with Gasteiger partial charge in [-0.25, -0.2) is 15.6 Å². The Morgan fingerprint density at radius 1 is 1.69 bits per heavy atom. The highest BCUT2D eigenvalue weighted by atomic mass is 19.2. The molecule has 0 aliphatic rings. The summed E-state index contributed by atoms with van der Waals surface area (Å²) in [6.45, 7) is 7.64. The van der Waals surface area contributed by atoms with Crippen molar-refractivity contribution >= 4 is 5.84 Å². The van der Waals surface area contributed by atoms with Crippen molar-refractivity contribution in [3.63, 3.8) is 0 Å². The van der Waals surface area contributed by atoms with Crippen molar-refractivity contribution in [2.75, 3.05) is 13.7 Å². The zero-order valence-electron chi connectivity index (χ0n) is 8.30. The minimum absolute atomic E-state index is 0.0375. The van der Waals surface area contributed by atoms with Gasteiger partial charge in [0.25, 0.3) is 0 Å². The molecule has 0 aliphatic heterocycles. The number of hydroxylamine groups is 2. The first-order chi connectivity index (χ1) is 6.11. The van der Waals surface area contributed by atoms with Gasteiger partial charge in [0, 0.05) is 7.05 Å². The van der Waals surface area contributed by atoms with Gasteiger partial charge in [-0.15, -0.1) is 4.48 Å². The molecule has 0 radical (unpaired) electrons. The topological polar surface area (TPSA) is 36.9 Å². The Kier molecular flexibility index (Phi) is 5.88. The number of aliphatic imine (C=N–C) groups is 1. The minimum Gasteiger partial charge on any atom is -0.273 e. The van der Waals surface area contributed by atoms with E-state index >= 15 is 0 Å². The van der Waals surface area contributed by atoms with Gasteiger partial charge in [0.2, 0.25) is 0 Å².